The van der Waals surface area contributed by atoms with Crippen LogP contribution in [0, 0.1) is 0 Å². The molecular weight excluding hydrogens is 747 g/mol. The van der Waals surface area contributed by atoms with Crippen LogP contribution in [0.5, 0.6) is 0 Å². The molecule has 0 spiro atoms. The fourth-order valence-corrected chi connectivity index (χ4v) is 9.18. The lowest BCUT2D eigenvalue weighted by molar-refractivity contribution is -0.123. The quantitative estimate of drug-likeness (QED) is 0.0421. The van der Waals surface area contributed by atoms with Crippen LogP contribution in [0.25, 0.3) is 0 Å². The van der Waals surface area contributed by atoms with Gasteiger partial charge in [0.25, 0.3) is 0 Å². The van der Waals surface area contributed by atoms with Crippen molar-refractivity contribution in [3.63, 3.8) is 0 Å². The number of nitrogens with one attached hydrogen (secondary N) is 1. The minimum Gasteiger partial charge on any atom is -0.394 e. The number of hydrogen-bond acceptors (Lipinski definition) is 3. The van der Waals surface area contributed by atoms with Gasteiger partial charge in [0, 0.05) is 6.42 Å². The molecule has 0 aromatic carbocycles. The molecule has 0 aromatic heterocycles. The van der Waals surface area contributed by atoms with Crippen LogP contribution in [0.3, 0.4) is 0 Å². The predicted molar refractivity (Wildman–Crippen MR) is 272 cm³/mol. The summed E-state index contributed by atoms with van der Waals surface area (Å²) >= 11 is 0. The molecule has 0 bridgehead atoms. The molecule has 4 nitrogen and oxygen atoms in total. The predicted octanol–water partition coefficient (Wildman–Crippen LogP) is 18.5. The number of allylic oxidation sites excluding steroid dienone is 2. The lowest BCUT2D eigenvalue weighted by atomic mass is 10.0. The van der Waals surface area contributed by atoms with E-state index in [1.54, 1.807) is 0 Å². The SMILES string of the molecule is CCCCCCCCCC/C=C\CCCCCCCCCCCCCCCCCCCCCCCCCCCC(=O)NC(CO)C(O)CCCCCCCCCCCCCC. The van der Waals surface area contributed by atoms with Gasteiger partial charge in [0.2, 0.25) is 5.91 Å². The van der Waals surface area contributed by atoms with E-state index in [-0.39, 0.29) is 12.5 Å². The van der Waals surface area contributed by atoms with Gasteiger partial charge in [-0.15, -0.1) is 0 Å². The van der Waals surface area contributed by atoms with Gasteiger partial charge in [-0.1, -0.05) is 296 Å². The monoisotopic (exact) mass is 860 g/mol. The second kappa shape index (κ2) is 53.5. The molecule has 3 N–H and O–H groups in total. The minimum atomic E-state index is -0.654. The third kappa shape index (κ3) is 50.0. The Labute approximate surface area is 384 Å². The lowest BCUT2D eigenvalue weighted by Crippen LogP contribution is -2.45. The third-order valence-corrected chi connectivity index (χ3v) is 13.5. The molecule has 0 fully saturated rings. The topological polar surface area (TPSA) is 69.6 Å². The molecule has 4 heteroatoms. The molecule has 0 aliphatic carbocycles. The molecule has 2 atom stereocenters. The second-order valence-corrected chi connectivity index (χ2v) is 19.7. The van der Waals surface area contributed by atoms with Crippen molar-refractivity contribution in [2.24, 2.45) is 0 Å². The maximum absolute atomic E-state index is 12.4. The van der Waals surface area contributed by atoms with Gasteiger partial charge in [-0.2, -0.15) is 0 Å². The zero-order valence-corrected chi connectivity index (χ0v) is 42.0. The number of unbranched alkanes of at least 4 members (excludes halogenated alkanes) is 44. The first-order valence-corrected chi connectivity index (χ1v) is 28.4. The lowest BCUT2D eigenvalue weighted by Gasteiger charge is -2.22. The van der Waals surface area contributed by atoms with E-state index in [0.29, 0.717) is 12.8 Å². The van der Waals surface area contributed by atoms with Crippen molar-refractivity contribution in [1.29, 1.82) is 0 Å². The molecular formula is C57H113NO3. The van der Waals surface area contributed by atoms with E-state index >= 15 is 0 Å². The molecule has 0 aliphatic rings. The van der Waals surface area contributed by atoms with E-state index in [0.717, 1.165) is 25.7 Å². The first-order chi connectivity index (χ1) is 30.2. The van der Waals surface area contributed by atoms with E-state index in [1.807, 2.05) is 0 Å². The Morgan fingerprint density at radius 1 is 0.377 bits per heavy atom. The second-order valence-electron chi connectivity index (χ2n) is 19.7. The maximum Gasteiger partial charge on any atom is 0.220 e. The van der Waals surface area contributed by atoms with Gasteiger partial charge in [-0.25, -0.2) is 0 Å². The number of rotatable bonds is 53. The van der Waals surface area contributed by atoms with E-state index in [9.17, 15) is 15.0 Å². The van der Waals surface area contributed by atoms with Crippen molar-refractivity contribution < 1.29 is 15.0 Å². The van der Waals surface area contributed by atoms with Crippen LogP contribution in [0.4, 0.5) is 0 Å². The van der Waals surface area contributed by atoms with Crippen molar-refractivity contribution in [2.75, 3.05) is 6.61 Å². The molecule has 0 aromatic rings. The van der Waals surface area contributed by atoms with Crippen LogP contribution in [0.2, 0.25) is 0 Å². The van der Waals surface area contributed by atoms with Crippen LogP contribution in [0.15, 0.2) is 12.2 Å². The van der Waals surface area contributed by atoms with Gasteiger partial charge in [0.1, 0.15) is 0 Å². The van der Waals surface area contributed by atoms with Crippen LogP contribution < -0.4 is 5.32 Å². The Balaban J connectivity index is 3.33. The first-order valence-electron chi connectivity index (χ1n) is 28.4. The zero-order valence-electron chi connectivity index (χ0n) is 42.0. The van der Waals surface area contributed by atoms with Gasteiger partial charge in [-0.3, -0.25) is 4.79 Å². The van der Waals surface area contributed by atoms with Crippen LogP contribution in [0.1, 0.15) is 328 Å². The van der Waals surface area contributed by atoms with E-state index in [2.05, 4.69) is 31.3 Å². The van der Waals surface area contributed by atoms with Gasteiger partial charge in [-0.05, 0) is 38.5 Å². The van der Waals surface area contributed by atoms with E-state index in [1.165, 1.54) is 276 Å². The Morgan fingerprint density at radius 2 is 0.623 bits per heavy atom. The summed E-state index contributed by atoms with van der Waals surface area (Å²) in [5, 5.41) is 23.2. The maximum atomic E-state index is 12.4. The largest absolute Gasteiger partial charge is 0.394 e. The number of carbonyl (C=O) groups excluding carboxylic acids is 1. The molecule has 0 rings (SSSR count). The van der Waals surface area contributed by atoms with Crippen molar-refractivity contribution in [3.8, 4) is 0 Å². The summed E-state index contributed by atoms with van der Waals surface area (Å²) in [5.41, 5.74) is 0. The Bertz CT molecular complexity index is 844. The Hall–Kier alpha value is -0.870. The minimum absolute atomic E-state index is 0.0251. The number of amides is 1. The third-order valence-electron chi connectivity index (χ3n) is 13.5. The number of carbonyl (C=O) groups is 1. The summed E-state index contributed by atoms with van der Waals surface area (Å²) in [6, 6.07) is -0.531. The number of hydrogen-bond donors (Lipinski definition) is 3. The Kier molecular flexibility index (Phi) is 52.7. The highest BCUT2D eigenvalue weighted by Crippen LogP contribution is 2.18. The standard InChI is InChI=1S/C57H113NO3/c1-3-5-7-9-11-13-15-17-18-19-20-21-22-23-24-25-26-27-28-29-30-31-32-33-34-35-36-37-38-39-40-41-43-45-47-49-51-53-57(61)58-55(54-59)56(60)52-50-48-46-44-42-16-14-12-10-8-6-4-2/h19-20,55-56,59-60H,3-18,21-54H2,1-2H3,(H,58,61)/b20-19-. The zero-order chi connectivity index (χ0) is 44.2. The normalized spacial score (nSPS) is 12.8. The summed E-state index contributed by atoms with van der Waals surface area (Å²) in [4.78, 5) is 12.4. The smallest absolute Gasteiger partial charge is 0.220 e. The first kappa shape index (κ1) is 60.1. The van der Waals surface area contributed by atoms with Crippen molar-refractivity contribution in [1.82, 2.24) is 5.32 Å². The highest BCUT2D eigenvalue weighted by Gasteiger charge is 2.20. The molecule has 2 unspecified atom stereocenters. The highest BCUT2D eigenvalue weighted by molar-refractivity contribution is 5.76. The molecule has 0 radical (unpaired) electrons. The summed E-state index contributed by atoms with van der Waals surface area (Å²) in [6.45, 7) is 4.38. The Morgan fingerprint density at radius 3 is 0.902 bits per heavy atom. The molecule has 0 saturated carbocycles. The average Bonchev–Trinajstić information content (AvgIpc) is 3.26. The van der Waals surface area contributed by atoms with E-state index in [4.69, 9.17) is 0 Å². The van der Waals surface area contributed by atoms with Gasteiger partial charge < -0.3 is 15.5 Å². The van der Waals surface area contributed by atoms with Crippen LogP contribution in [-0.4, -0.2) is 34.9 Å². The van der Waals surface area contributed by atoms with Crippen molar-refractivity contribution >= 4 is 5.91 Å². The summed E-state index contributed by atoms with van der Waals surface area (Å²) in [7, 11) is 0. The summed E-state index contributed by atoms with van der Waals surface area (Å²) in [6.07, 6.45) is 69.4. The van der Waals surface area contributed by atoms with Crippen molar-refractivity contribution in [3.05, 3.63) is 12.2 Å². The number of aliphatic hydroxyl groups excluding tert-OH is 2. The fourth-order valence-electron chi connectivity index (χ4n) is 9.18. The van der Waals surface area contributed by atoms with Gasteiger partial charge in [0.15, 0.2) is 0 Å². The molecule has 364 valence electrons. The summed E-state index contributed by atoms with van der Waals surface area (Å²) < 4.78 is 0. The van der Waals surface area contributed by atoms with Gasteiger partial charge >= 0.3 is 0 Å². The van der Waals surface area contributed by atoms with Crippen LogP contribution in [-0.2, 0) is 4.79 Å². The van der Waals surface area contributed by atoms with E-state index < -0.39 is 12.1 Å². The molecule has 0 heterocycles. The summed E-state index contributed by atoms with van der Waals surface area (Å²) in [5.74, 6) is -0.0251. The highest BCUT2D eigenvalue weighted by atomic mass is 16.3. The van der Waals surface area contributed by atoms with Crippen LogP contribution >= 0.6 is 0 Å². The molecule has 61 heavy (non-hydrogen) atoms. The van der Waals surface area contributed by atoms with Crippen molar-refractivity contribution in [2.45, 2.75) is 341 Å². The average molecular weight is 861 g/mol. The molecule has 0 aliphatic heterocycles. The van der Waals surface area contributed by atoms with Gasteiger partial charge in [0.05, 0.1) is 18.8 Å². The molecule has 1 amide bonds. The molecule has 0 saturated heterocycles. The fraction of sp³-hybridized carbons (Fsp3) is 0.947. The number of aliphatic hydroxyl groups is 2.